The number of benzene rings is 1. The number of para-hydroxylation sites is 1. The average molecular weight is 450 g/mol. The SMILES string of the molecule is COCCCNC(=O)[C@@H]1CC(=O)N[C@@H](CO)C(=O)N(C)CCOc2ccccc2C(=O)N1. The van der Waals surface area contributed by atoms with Gasteiger partial charge in [-0.2, -0.15) is 0 Å². The molecule has 0 aliphatic carbocycles. The van der Waals surface area contributed by atoms with Gasteiger partial charge >= 0.3 is 0 Å². The number of hydrogen-bond acceptors (Lipinski definition) is 7. The molecule has 1 aromatic carbocycles. The van der Waals surface area contributed by atoms with Crippen molar-refractivity contribution in [3.8, 4) is 5.75 Å². The van der Waals surface area contributed by atoms with E-state index >= 15 is 0 Å². The summed E-state index contributed by atoms with van der Waals surface area (Å²) >= 11 is 0. The van der Waals surface area contributed by atoms with Gasteiger partial charge in [-0.3, -0.25) is 19.2 Å². The largest absolute Gasteiger partial charge is 0.491 e. The number of nitrogens with zero attached hydrogens (tertiary/aromatic N) is 1. The Balaban J connectivity index is 2.28. The Kier molecular flexibility index (Phi) is 9.89. The maximum absolute atomic E-state index is 12.9. The number of hydrogen-bond donors (Lipinski definition) is 4. The van der Waals surface area contributed by atoms with E-state index in [1.54, 1.807) is 31.4 Å². The van der Waals surface area contributed by atoms with Crippen LogP contribution in [0.2, 0.25) is 0 Å². The van der Waals surface area contributed by atoms with E-state index < -0.39 is 48.7 Å². The zero-order valence-electron chi connectivity index (χ0n) is 18.3. The number of carbonyl (C=O) groups is 4. The Morgan fingerprint density at radius 2 is 2.03 bits per heavy atom. The minimum absolute atomic E-state index is 0.0854. The second kappa shape index (κ2) is 12.6. The summed E-state index contributed by atoms with van der Waals surface area (Å²) in [6.45, 7) is 0.383. The van der Waals surface area contributed by atoms with Gasteiger partial charge < -0.3 is 35.4 Å². The summed E-state index contributed by atoms with van der Waals surface area (Å²) < 4.78 is 10.6. The van der Waals surface area contributed by atoms with Crippen molar-refractivity contribution < 1.29 is 33.8 Å². The fraction of sp³-hybridized carbons (Fsp3) is 0.524. The highest BCUT2D eigenvalue weighted by atomic mass is 16.5. The van der Waals surface area contributed by atoms with E-state index in [1.165, 1.54) is 11.9 Å². The lowest BCUT2D eigenvalue weighted by Crippen LogP contribution is -2.53. The Morgan fingerprint density at radius 3 is 2.75 bits per heavy atom. The molecular formula is C21H30N4O7. The molecule has 2 rings (SSSR count). The molecule has 0 saturated heterocycles. The highest BCUT2D eigenvalue weighted by Gasteiger charge is 2.29. The van der Waals surface area contributed by atoms with Crippen LogP contribution in [0.4, 0.5) is 0 Å². The van der Waals surface area contributed by atoms with Crippen molar-refractivity contribution in [2.45, 2.75) is 24.9 Å². The van der Waals surface area contributed by atoms with Crippen LogP contribution < -0.4 is 20.7 Å². The molecule has 1 heterocycles. The van der Waals surface area contributed by atoms with Gasteiger partial charge in [-0.15, -0.1) is 0 Å². The number of carbonyl (C=O) groups excluding carboxylic acids is 4. The van der Waals surface area contributed by atoms with E-state index in [4.69, 9.17) is 9.47 Å². The molecule has 176 valence electrons. The summed E-state index contributed by atoms with van der Waals surface area (Å²) in [6, 6.07) is 4.11. The molecule has 0 bridgehead atoms. The summed E-state index contributed by atoms with van der Waals surface area (Å²) in [5.41, 5.74) is 0.198. The molecule has 2 atom stereocenters. The third kappa shape index (κ3) is 7.20. The first-order valence-corrected chi connectivity index (χ1v) is 10.3. The number of fused-ring (bicyclic) bond motifs is 1. The lowest BCUT2D eigenvalue weighted by atomic mass is 10.1. The number of aliphatic hydroxyl groups is 1. The number of nitrogens with one attached hydrogen (secondary N) is 3. The predicted octanol–water partition coefficient (Wildman–Crippen LogP) is -1.34. The van der Waals surface area contributed by atoms with Crippen LogP contribution in [0.15, 0.2) is 24.3 Å². The zero-order chi connectivity index (χ0) is 23.5. The van der Waals surface area contributed by atoms with E-state index in [0.29, 0.717) is 19.6 Å². The molecule has 1 aliphatic heterocycles. The molecule has 11 heteroatoms. The van der Waals surface area contributed by atoms with Gasteiger partial charge in [-0.1, -0.05) is 12.1 Å². The van der Waals surface area contributed by atoms with Crippen LogP contribution >= 0.6 is 0 Å². The summed E-state index contributed by atoms with van der Waals surface area (Å²) in [7, 11) is 3.06. The fourth-order valence-corrected chi connectivity index (χ4v) is 3.07. The Morgan fingerprint density at radius 1 is 1.28 bits per heavy atom. The number of rotatable bonds is 6. The number of aliphatic hydroxyl groups excluding tert-OH is 1. The second-order valence-electron chi connectivity index (χ2n) is 7.27. The van der Waals surface area contributed by atoms with Crippen LogP contribution in [0.25, 0.3) is 0 Å². The zero-order valence-corrected chi connectivity index (χ0v) is 18.3. The van der Waals surface area contributed by atoms with Crippen molar-refractivity contribution in [1.29, 1.82) is 0 Å². The lowest BCUT2D eigenvalue weighted by molar-refractivity contribution is -0.137. The molecule has 0 saturated carbocycles. The van der Waals surface area contributed by atoms with Gasteiger partial charge in [0.15, 0.2) is 0 Å². The highest BCUT2D eigenvalue weighted by molar-refractivity contribution is 6.01. The number of amides is 4. The highest BCUT2D eigenvalue weighted by Crippen LogP contribution is 2.18. The molecule has 0 spiro atoms. The van der Waals surface area contributed by atoms with E-state index in [2.05, 4.69) is 16.0 Å². The first-order valence-electron chi connectivity index (χ1n) is 10.3. The van der Waals surface area contributed by atoms with Crippen molar-refractivity contribution in [3.63, 3.8) is 0 Å². The smallest absolute Gasteiger partial charge is 0.255 e. The van der Waals surface area contributed by atoms with E-state index in [0.717, 1.165) is 0 Å². The molecule has 4 N–H and O–H groups in total. The minimum atomic E-state index is -1.20. The van der Waals surface area contributed by atoms with Gasteiger partial charge in [0.25, 0.3) is 5.91 Å². The number of ether oxygens (including phenoxy) is 2. The van der Waals surface area contributed by atoms with Crippen LogP contribution in [0, 0.1) is 0 Å². The Bertz CT molecular complexity index is 817. The van der Waals surface area contributed by atoms with E-state index in [1.807, 2.05) is 0 Å². The normalized spacial score (nSPS) is 20.3. The summed E-state index contributed by atoms with van der Waals surface area (Å²) in [6.07, 6.45) is 0.136. The molecule has 0 unspecified atom stereocenters. The van der Waals surface area contributed by atoms with Crippen LogP contribution in [-0.4, -0.2) is 92.8 Å². The summed E-state index contributed by atoms with van der Waals surface area (Å²) in [5.74, 6) is -2.01. The van der Waals surface area contributed by atoms with Crippen molar-refractivity contribution in [2.75, 3.05) is 47.1 Å². The molecule has 32 heavy (non-hydrogen) atoms. The fourth-order valence-electron chi connectivity index (χ4n) is 3.07. The number of methoxy groups -OCH3 is 1. The van der Waals surface area contributed by atoms with Crippen molar-refractivity contribution in [2.24, 2.45) is 0 Å². The minimum Gasteiger partial charge on any atom is -0.491 e. The number of likely N-dealkylation sites (N-methyl/N-ethyl adjacent to an activating group) is 1. The topological polar surface area (TPSA) is 146 Å². The van der Waals surface area contributed by atoms with Crippen LogP contribution in [0.1, 0.15) is 23.2 Å². The van der Waals surface area contributed by atoms with E-state index in [-0.39, 0.29) is 24.5 Å². The predicted molar refractivity (Wildman–Crippen MR) is 114 cm³/mol. The third-order valence-electron chi connectivity index (χ3n) is 4.84. The van der Waals surface area contributed by atoms with Crippen molar-refractivity contribution >= 4 is 23.6 Å². The molecule has 0 aromatic heterocycles. The van der Waals surface area contributed by atoms with Gasteiger partial charge in [0.1, 0.15) is 24.4 Å². The third-order valence-corrected chi connectivity index (χ3v) is 4.84. The van der Waals surface area contributed by atoms with Crippen LogP contribution in [0.3, 0.4) is 0 Å². The maximum atomic E-state index is 12.9. The Hall–Kier alpha value is -3.18. The standard InChI is InChI=1S/C21H30N4O7/c1-25-9-11-32-17-7-4-3-6-14(17)19(28)24-15(20(29)22-8-5-10-31-2)12-18(27)23-16(13-26)21(25)30/h3-4,6-7,15-16,26H,5,8-13H2,1-2H3,(H,22,29)(H,23,27)(H,24,28)/t15-,16-/m0/s1. The molecule has 11 nitrogen and oxygen atoms in total. The van der Waals surface area contributed by atoms with Crippen molar-refractivity contribution in [3.05, 3.63) is 29.8 Å². The summed E-state index contributed by atoms with van der Waals surface area (Å²) in [5, 5.41) is 17.2. The monoisotopic (exact) mass is 450 g/mol. The lowest BCUT2D eigenvalue weighted by Gasteiger charge is -2.25. The first-order chi connectivity index (χ1) is 15.4. The second-order valence-corrected chi connectivity index (χ2v) is 7.27. The molecule has 0 radical (unpaired) electrons. The van der Waals surface area contributed by atoms with Gasteiger partial charge in [0.05, 0.1) is 25.1 Å². The Labute approximate surface area is 186 Å². The quantitative estimate of drug-likeness (QED) is 0.392. The summed E-state index contributed by atoms with van der Waals surface area (Å²) in [4.78, 5) is 52.0. The average Bonchev–Trinajstić information content (AvgIpc) is 2.78. The first kappa shape index (κ1) is 25.1. The molecule has 1 aromatic rings. The maximum Gasteiger partial charge on any atom is 0.255 e. The molecule has 0 fully saturated rings. The molecule has 4 amide bonds. The van der Waals surface area contributed by atoms with Gasteiger partial charge in [0, 0.05) is 27.3 Å². The van der Waals surface area contributed by atoms with E-state index in [9.17, 15) is 24.3 Å². The van der Waals surface area contributed by atoms with Gasteiger partial charge in [-0.05, 0) is 18.6 Å². The molecular weight excluding hydrogens is 420 g/mol. The van der Waals surface area contributed by atoms with Crippen molar-refractivity contribution in [1.82, 2.24) is 20.9 Å². The van der Waals surface area contributed by atoms with Crippen LogP contribution in [-0.2, 0) is 19.1 Å². The van der Waals surface area contributed by atoms with Crippen LogP contribution in [0.5, 0.6) is 5.75 Å². The van der Waals surface area contributed by atoms with Gasteiger partial charge in [0.2, 0.25) is 17.7 Å². The van der Waals surface area contributed by atoms with Gasteiger partial charge in [-0.25, -0.2) is 0 Å². The molecule has 1 aliphatic rings.